The summed E-state index contributed by atoms with van der Waals surface area (Å²) in [6.07, 6.45) is 2.77. The standard InChI is InChI=1S/C12H24N2O2S/c1-4-7-14(11(2)3)8-5-12-10-17(15,16)9-6-13-12/h4,11-13H,1,5-10H2,2-3H3. The van der Waals surface area contributed by atoms with E-state index in [2.05, 4.69) is 30.6 Å². The molecule has 4 nitrogen and oxygen atoms in total. The summed E-state index contributed by atoms with van der Waals surface area (Å²) in [5.74, 6) is 0.567. The normalized spacial score (nSPS) is 24.1. The van der Waals surface area contributed by atoms with Crippen LogP contribution in [0.15, 0.2) is 12.7 Å². The smallest absolute Gasteiger partial charge is 0.153 e. The Hall–Kier alpha value is -0.390. The minimum Gasteiger partial charge on any atom is -0.312 e. The summed E-state index contributed by atoms with van der Waals surface area (Å²) in [7, 11) is -2.81. The van der Waals surface area contributed by atoms with E-state index in [0.717, 1.165) is 19.5 Å². The van der Waals surface area contributed by atoms with Crippen molar-refractivity contribution in [3.63, 3.8) is 0 Å². The fourth-order valence-corrected chi connectivity index (χ4v) is 3.59. The molecular weight excluding hydrogens is 236 g/mol. The zero-order valence-corrected chi connectivity index (χ0v) is 11.7. The summed E-state index contributed by atoms with van der Waals surface area (Å²) in [5, 5.41) is 3.28. The van der Waals surface area contributed by atoms with Crippen LogP contribution in [0.5, 0.6) is 0 Å². The molecule has 100 valence electrons. The Morgan fingerprint density at radius 3 is 2.76 bits per heavy atom. The van der Waals surface area contributed by atoms with E-state index >= 15 is 0 Å². The van der Waals surface area contributed by atoms with E-state index in [1.807, 2.05) is 6.08 Å². The van der Waals surface area contributed by atoms with Gasteiger partial charge in [0.05, 0.1) is 11.5 Å². The quantitative estimate of drug-likeness (QED) is 0.713. The van der Waals surface area contributed by atoms with Crippen LogP contribution in [0, 0.1) is 0 Å². The SMILES string of the molecule is C=CCN(CCC1CS(=O)(=O)CCN1)C(C)C. The highest BCUT2D eigenvalue weighted by Gasteiger charge is 2.24. The first-order valence-corrected chi connectivity index (χ1v) is 8.05. The van der Waals surface area contributed by atoms with E-state index in [1.54, 1.807) is 0 Å². The second kappa shape index (κ2) is 6.52. The number of hydrogen-bond donors (Lipinski definition) is 1. The molecule has 0 saturated carbocycles. The van der Waals surface area contributed by atoms with E-state index in [9.17, 15) is 8.42 Å². The van der Waals surface area contributed by atoms with Crippen LogP contribution in [-0.4, -0.2) is 56.5 Å². The molecule has 0 bridgehead atoms. The monoisotopic (exact) mass is 260 g/mol. The fourth-order valence-electron chi connectivity index (χ4n) is 2.10. The van der Waals surface area contributed by atoms with Gasteiger partial charge in [0.2, 0.25) is 0 Å². The molecule has 0 aromatic carbocycles. The van der Waals surface area contributed by atoms with Crippen molar-refractivity contribution in [1.29, 1.82) is 0 Å². The molecule has 1 N–H and O–H groups in total. The van der Waals surface area contributed by atoms with Gasteiger partial charge in [0.1, 0.15) is 0 Å². The Morgan fingerprint density at radius 2 is 2.24 bits per heavy atom. The van der Waals surface area contributed by atoms with E-state index in [-0.39, 0.29) is 17.5 Å². The summed E-state index contributed by atoms with van der Waals surface area (Å²) in [6.45, 7) is 10.4. The van der Waals surface area contributed by atoms with Gasteiger partial charge in [0, 0.05) is 31.7 Å². The van der Waals surface area contributed by atoms with Crippen LogP contribution in [0.25, 0.3) is 0 Å². The molecule has 1 unspecified atom stereocenters. The molecule has 1 heterocycles. The molecule has 0 aromatic rings. The number of rotatable bonds is 6. The Balaban J connectivity index is 2.40. The van der Waals surface area contributed by atoms with Crippen molar-refractivity contribution in [3.05, 3.63) is 12.7 Å². The van der Waals surface area contributed by atoms with Crippen LogP contribution < -0.4 is 5.32 Å². The maximum absolute atomic E-state index is 11.5. The van der Waals surface area contributed by atoms with Gasteiger partial charge in [-0.25, -0.2) is 8.42 Å². The lowest BCUT2D eigenvalue weighted by Crippen LogP contribution is -2.47. The molecule has 17 heavy (non-hydrogen) atoms. The van der Waals surface area contributed by atoms with Crippen molar-refractivity contribution in [3.8, 4) is 0 Å². The van der Waals surface area contributed by atoms with Crippen molar-refractivity contribution in [2.45, 2.75) is 32.4 Å². The molecule has 1 aliphatic heterocycles. The highest BCUT2D eigenvalue weighted by Crippen LogP contribution is 2.07. The van der Waals surface area contributed by atoms with Gasteiger partial charge >= 0.3 is 0 Å². The van der Waals surface area contributed by atoms with Crippen molar-refractivity contribution >= 4 is 9.84 Å². The Bertz CT molecular complexity index is 338. The fraction of sp³-hybridized carbons (Fsp3) is 0.833. The minimum atomic E-state index is -2.81. The van der Waals surface area contributed by atoms with Crippen LogP contribution in [0.3, 0.4) is 0 Å². The molecule has 0 radical (unpaired) electrons. The molecule has 1 atom stereocenters. The predicted molar refractivity (Wildman–Crippen MR) is 72.0 cm³/mol. The summed E-state index contributed by atoms with van der Waals surface area (Å²) < 4.78 is 23.0. The molecule has 5 heteroatoms. The number of nitrogens with zero attached hydrogens (tertiary/aromatic N) is 1. The van der Waals surface area contributed by atoms with Crippen LogP contribution in [0.1, 0.15) is 20.3 Å². The van der Waals surface area contributed by atoms with Crippen molar-refractivity contribution in [2.24, 2.45) is 0 Å². The van der Waals surface area contributed by atoms with Gasteiger partial charge in [-0.05, 0) is 20.3 Å². The second-order valence-corrected chi connectivity index (χ2v) is 7.16. The molecule has 1 saturated heterocycles. The maximum atomic E-state index is 11.5. The van der Waals surface area contributed by atoms with Gasteiger partial charge in [0.25, 0.3) is 0 Å². The average molecular weight is 260 g/mol. The molecular formula is C12H24N2O2S. The van der Waals surface area contributed by atoms with E-state index in [1.165, 1.54) is 0 Å². The van der Waals surface area contributed by atoms with Crippen molar-refractivity contribution < 1.29 is 8.42 Å². The summed E-state index contributed by atoms with van der Waals surface area (Å²) >= 11 is 0. The lowest BCUT2D eigenvalue weighted by atomic mass is 10.2. The molecule has 0 aromatic heterocycles. The number of hydrogen-bond acceptors (Lipinski definition) is 4. The van der Waals surface area contributed by atoms with Gasteiger partial charge in [-0.2, -0.15) is 0 Å². The van der Waals surface area contributed by atoms with Crippen molar-refractivity contribution in [1.82, 2.24) is 10.2 Å². The van der Waals surface area contributed by atoms with Crippen LogP contribution in [0.4, 0.5) is 0 Å². The third-order valence-electron chi connectivity index (χ3n) is 3.16. The largest absolute Gasteiger partial charge is 0.312 e. The second-order valence-electron chi connectivity index (χ2n) is 4.93. The van der Waals surface area contributed by atoms with Gasteiger partial charge in [-0.15, -0.1) is 6.58 Å². The van der Waals surface area contributed by atoms with E-state index < -0.39 is 9.84 Å². The summed E-state index contributed by atoms with van der Waals surface area (Å²) in [6, 6.07) is 0.577. The zero-order valence-electron chi connectivity index (χ0n) is 10.9. The van der Waals surface area contributed by atoms with E-state index in [4.69, 9.17) is 0 Å². The highest BCUT2D eigenvalue weighted by atomic mass is 32.2. The Kier molecular flexibility index (Phi) is 5.62. The predicted octanol–water partition coefficient (Wildman–Crippen LogP) is 0.660. The number of nitrogens with one attached hydrogen (secondary N) is 1. The Labute approximate surface area is 105 Å². The molecule has 0 spiro atoms. The highest BCUT2D eigenvalue weighted by molar-refractivity contribution is 7.91. The van der Waals surface area contributed by atoms with Gasteiger partial charge < -0.3 is 5.32 Å². The summed E-state index contributed by atoms with van der Waals surface area (Å²) in [4.78, 5) is 2.30. The molecule has 1 aliphatic rings. The van der Waals surface area contributed by atoms with Gasteiger partial charge in [-0.3, -0.25) is 4.90 Å². The maximum Gasteiger partial charge on any atom is 0.153 e. The van der Waals surface area contributed by atoms with Gasteiger partial charge in [-0.1, -0.05) is 6.08 Å². The average Bonchev–Trinajstić information content (AvgIpc) is 2.22. The lowest BCUT2D eigenvalue weighted by molar-refractivity contribution is 0.233. The molecule has 0 amide bonds. The number of sulfone groups is 1. The topological polar surface area (TPSA) is 49.4 Å². The summed E-state index contributed by atoms with van der Waals surface area (Å²) in [5.41, 5.74) is 0. The third-order valence-corrected chi connectivity index (χ3v) is 4.90. The van der Waals surface area contributed by atoms with Crippen LogP contribution in [-0.2, 0) is 9.84 Å². The van der Waals surface area contributed by atoms with Crippen LogP contribution in [0.2, 0.25) is 0 Å². The lowest BCUT2D eigenvalue weighted by Gasteiger charge is -2.29. The molecule has 0 aliphatic carbocycles. The van der Waals surface area contributed by atoms with Gasteiger partial charge in [0.15, 0.2) is 9.84 Å². The minimum absolute atomic E-state index is 0.111. The molecule has 1 rings (SSSR count). The Morgan fingerprint density at radius 1 is 1.53 bits per heavy atom. The first-order valence-electron chi connectivity index (χ1n) is 6.23. The third kappa shape index (κ3) is 5.19. The van der Waals surface area contributed by atoms with Crippen molar-refractivity contribution in [2.75, 3.05) is 31.1 Å². The molecule has 1 fully saturated rings. The van der Waals surface area contributed by atoms with E-state index in [0.29, 0.717) is 12.6 Å². The zero-order chi connectivity index (χ0) is 12.9. The first kappa shape index (κ1) is 14.7. The first-order chi connectivity index (χ1) is 7.94. The van der Waals surface area contributed by atoms with Crippen LogP contribution >= 0.6 is 0 Å².